The van der Waals surface area contributed by atoms with E-state index in [1.165, 1.54) is 0 Å². The maximum Gasteiger partial charge on any atom is 0.307 e. The third-order valence-electron chi connectivity index (χ3n) is 2.37. The molecule has 0 aliphatic carbocycles. The first kappa shape index (κ1) is 13.2. The third-order valence-corrected chi connectivity index (χ3v) is 4.52. The molecule has 0 aliphatic rings. The fourth-order valence-electron chi connectivity index (χ4n) is 1.56. The van der Waals surface area contributed by atoms with Gasteiger partial charge in [-0.15, -0.1) is 0 Å². The molecule has 18 heavy (non-hydrogen) atoms. The maximum atomic E-state index is 10.8. The van der Waals surface area contributed by atoms with Crippen LogP contribution in [0.15, 0.2) is 62.8 Å². The molecule has 0 saturated heterocycles. The zero-order valence-corrected chi connectivity index (χ0v) is 11.9. The number of carbonyl (C=O) groups is 1. The topological polar surface area (TPSA) is 37.3 Å². The van der Waals surface area contributed by atoms with Gasteiger partial charge in [0.1, 0.15) is 0 Å². The Labute approximate surface area is 118 Å². The van der Waals surface area contributed by atoms with E-state index < -0.39 is 5.97 Å². The number of hydrogen-bond donors (Lipinski definition) is 1. The maximum absolute atomic E-state index is 10.8. The molecule has 0 unspecified atom stereocenters. The SMILES string of the molecule is O=C(O)Cc1ccccc1Sc1ccccc1Br. The van der Waals surface area contributed by atoms with Gasteiger partial charge in [0, 0.05) is 14.3 Å². The quantitative estimate of drug-likeness (QED) is 0.915. The van der Waals surface area contributed by atoms with Crippen LogP contribution < -0.4 is 0 Å². The highest BCUT2D eigenvalue weighted by Gasteiger charge is 2.08. The van der Waals surface area contributed by atoms with Crippen LogP contribution in [0.1, 0.15) is 5.56 Å². The van der Waals surface area contributed by atoms with Crippen molar-refractivity contribution < 1.29 is 9.90 Å². The molecule has 0 bridgehead atoms. The Morgan fingerprint density at radius 3 is 2.33 bits per heavy atom. The van der Waals surface area contributed by atoms with Crippen LogP contribution in [0, 0.1) is 0 Å². The molecule has 4 heteroatoms. The fraction of sp³-hybridized carbons (Fsp3) is 0.0714. The van der Waals surface area contributed by atoms with E-state index in [1.807, 2.05) is 48.5 Å². The van der Waals surface area contributed by atoms with Gasteiger partial charge in [0.15, 0.2) is 0 Å². The number of aliphatic carboxylic acids is 1. The minimum atomic E-state index is -0.810. The lowest BCUT2D eigenvalue weighted by Gasteiger charge is -2.08. The second kappa shape index (κ2) is 6.07. The summed E-state index contributed by atoms with van der Waals surface area (Å²) in [6.07, 6.45) is 0.0492. The van der Waals surface area contributed by atoms with Crippen LogP contribution >= 0.6 is 27.7 Å². The standard InChI is InChI=1S/C14H11BrO2S/c15-11-6-2-4-8-13(11)18-12-7-3-1-5-10(12)9-14(16)17/h1-8H,9H2,(H,16,17). The van der Waals surface area contributed by atoms with E-state index in [4.69, 9.17) is 5.11 Å². The summed E-state index contributed by atoms with van der Waals surface area (Å²) in [5.74, 6) is -0.810. The highest BCUT2D eigenvalue weighted by molar-refractivity contribution is 9.10. The summed E-state index contributed by atoms with van der Waals surface area (Å²) in [7, 11) is 0. The monoisotopic (exact) mass is 322 g/mol. The molecule has 0 fully saturated rings. The molecule has 0 spiro atoms. The molecule has 0 saturated carbocycles. The highest BCUT2D eigenvalue weighted by atomic mass is 79.9. The van der Waals surface area contributed by atoms with Gasteiger partial charge in [0.05, 0.1) is 6.42 Å². The summed E-state index contributed by atoms with van der Waals surface area (Å²) in [5.41, 5.74) is 0.839. The van der Waals surface area contributed by atoms with Crippen molar-refractivity contribution in [2.75, 3.05) is 0 Å². The zero-order chi connectivity index (χ0) is 13.0. The first-order valence-electron chi connectivity index (χ1n) is 5.39. The van der Waals surface area contributed by atoms with Gasteiger partial charge < -0.3 is 5.11 Å². The van der Waals surface area contributed by atoms with Gasteiger partial charge in [-0.3, -0.25) is 4.79 Å². The van der Waals surface area contributed by atoms with Crippen molar-refractivity contribution >= 4 is 33.7 Å². The second-order valence-corrected chi connectivity index (χ2v) is 5.65. The first-order valence-corrected chi connectivity index (χ1v) is 7.00. The van der Waals surface area contributed by atoms with E-state index in [1.54, 1.807) is 11.8 Å². The van der Waals surface area contributed by atoms with Crippen molar-refractivity contribution in [3.05, 3.63) is 58.6 Å². The van der Waals surface area contributed by atoms with Gasteiger partial charge in [0.2, 0.25) is 0 Å². The Morgan fingerprint density at radius 2 is 1.67 bits per heavy atom. The van der Waals surface area contributed by atoms with E-state index in [9.17, 15) is 4.79 Å². The van der Waals surface area contributed by atoms with E-state index >= 15 is 0 Å². The molecule has 0 aromatic heterocycles. The largest absolute Gasteiger partial charge is 0.481 e. The Bertz CT molecular complexity index is 569. The molecule has 2 aromatic rings. The number of rotatable bonds is 4. The van der Waals surface area contributed by atoms with Crippen molar-refractivity contribution in [1.29, 1.82) is 0 Å². The summed E-state index contributed by atoms with van der Waals surface area (Å²) in [6.45, 7) is 0. The smallest absolute Gasteiger partial charge is 0.307 e. The first-order chi connectivity index (χ1) is 8.66. The van der Waals surface area contributed by atoms with E-state index in [0.717, 1.165) is 19.8 Å². The Morgan fingerprint density at radius 1 is 1.06 bits per heavy atom. The molecule has 0 amide bonds. The molecule has 2 nitrogen and oxygen atoms in total. The average Bonchev–Trinajstić information content (AvgIpc) is 2.34. The lowest BCUT2D eigenvalue weighted by atomic mass is 10.1. The van der Waals surface area contributed by atoms with Crippen LogP contribution in [0.25, 0.3) is 0 Å². The lowest BCUT2D eigenvalue weighted by Crippen LogP contribution is -2.01. The van der Waals surface area contributed by atoms with Crippen LogP contribution in [0.3, 0.4) is 0 Å². The number of benzene rings is 2. The van der Waals surface area contributed by atoms with Crippen molar-refractivity contribution in [3.8, 4) is 0 Å². The van der Waals surface area contributed by atoms with Crippen LogP contribution in [-0.4, -0.2) is 11.1 Å². The van der Waals surface area contributed by atoms with Gasteiger partial charge in [-0.1, -0.05) is 42.1 Å². The fourth-order valence-corrected chi connectivity index (χ4v) is 3.05. The average molecular weight is 323 g/mol. The van der Waals surface area contributed by atoms with Gasteiger partial charge >= 0.3 is 5.97 Å². The molecule has 2 rings (SSSR count). The van der Waals surface area contributed by atoms with Gasteiger partial charge in [-0.25, -0.2) is 0 Å². The number of hydrogen-bond acceptors (Lipinski definition) is 2. The van der Waals surface area contributed by atoms with Crippen LogP contribution in [0.4, 0.5) is 0 Å². The van der Waals surface area contributed by atoms with Crippen LogP contribution in [0.2, 0.25) is 0 Å². The Kier molecular flexibility index (Phi) is 4.44. The third kappa shape index (κ3) is 3.37. The van der Waals surface area contributed by atoms with Gasteiger partial charge in [0.25, 0.3) is 0 Å². The normalized spacial score (nSPS) is 10.3. The second-order valence-electron chi connectivity index (χ2n) is 3.71. The summed E-state index contributed by atoms with van der Waals surface area (Å²) >= 11 is 5.06. The summed E-state index contributed by atoms with van der Waals surface area (Å²) in [5, 5.41) is 8.89. The number of halogens is 1. The van der Waals surface area contributed by atoms with Gasteiger partial charge in [-0.05, 0) is 39.7 Å². The number of carboxylic acid groups (broad SMARTS) is 1. The molecular formula is C14H11BrO2S. The predicted octanol–water partition coefficient (Wildman–Crippen LogP) is 4.23. The minimum Gasteiger partial charge on any atom is -0.481 e. The molecule has 0 heterocycles. The highest BCUT2D eigenvalue weighted by Crippen LogP contribution is 2.35. The molecule has 0 aliphatic heterocycles. The minimum absolute atomic E-state index is 0.0492. The molecule has 0 atom stereocenters. The predicted molar refractivity (Wildman–Crippen MR) is 76.0 cm³/mol. The van der Waals surface area contributed by atoms with Crippen molar-refractivity contribution in [1.82, 2.24) is 0 Å². The molecular weight excluding hydrogens is 312 g/mol. The van der Waals surface area contributed by atoms with Crippen molar-refractivity contribution in [2.24, 2.45) is 0 Å². The number of carboxylic acids is 1. The van der Waals surface area contributed by atoms with Gasteiger partial charge in [-0.2, -0.15) is 0 Å². The lowest BCUT2D eigenvalue weighted by molar-refractivity contribution is -0.136. The van der Waals surface area contributed by atoms with Crippen molar-refractivity contribution in [3.63, 3.8) is 0 Å². The Balaban J connectivity index is 2.29. The molecule has 1 N–H and O–H groups in total. The molecule has 92 valence electrons. The Hall–Kier alpha value is -1.26. The van der Waals surface area contributed by atoms with E-state index in [2.05, 4.69) is 15.9 Å². The molecule has 0 radical (unpaired) electrons. The summed E-state index contributed by atoms with van der Waals surface area (Å²) in [4.78, 5) is 12.9. The van der Waals surface area contributed by atoms with Crippen LogP contribution in [-0.2, 0) is 11.2 Å². The van der Waals surface area contributed by atoms with Crippen molar-refractivity contribution in [2.45, 2.75) is 16.2 Å². The summed E-state index contributed by atoms with van der Waals surface area (Å²) < 4.78 is 1.01. The zero-order valence-electron chi connectivity index (χ0n) is 9.47. The van der Waals surface area contributed by atoms with E-state index in [0.29, 0.717) is 0 Å². The van der Waals surface area contributed by atoms with E-state index in [-0.39, 0.29) is 6.42 Å². The van der Waals surface area contributed by atoms with Crippen LogP contribution in [0.5, 0.6) is 0 Å². The summed E-state index contributed by atoms with van der Waals surface area (Å²) in [6, 6.07) is 15.5. The molecule has 2 aromatic carbocycles.